The molecule has 0 aromatic carbocycles. The highest BCUT2D eigenvalue weighted by atomic mass is 35.5. The van der Waals surface area contributed by atoms with E-state index >= 15 is 0 Å². The Morgan fingerprint density at radius 2 is 2.31 bits per heavy atom. The third kappa shape index (κ3) is 3.47. The average molecular weight is 247 g/mol. The molecule has 0 spiro atoms. The summed E-state index contributed by atoms with van der Waals surface area (Å²) in [7, 11) is 0. The van der Waals surface area contributed by atoms with Gasteiger partial charge in [-0.25, -0.2) is 0 Å². The molecule has 1 unspecified atom stereocenters. The molecule has 0 fully saturated rings. The summed E-state index contributed by atoms with van der Waals surface area (Å²) in [6.45, 7) is 6.03. The van der Waals surface area contributed by atoms with Crippen LogP contribution in [-0.4, -0.2) is 28.1 Å². The van der Waals surface area contributed by atoms with Gasteiger partial charge in [0.2, 0.25) is 0 Å². The zero-order chi connectivity index (χ0) is 12.0. The number of aryl methyl sites for hydroxylation is 1. The lowest BCUT2D eigenvalue weighted by Gasteiger charge is -2.12. The summed E-state index contributed by atoms with van der Waals surface area (Å²) in [6, 6.07) is 0. The minimum Gasteiger partial charge on any atom is -0.387 e. The third-order valence-electron chi connectivity index (χ3n) is 2.42. The lowest BCUT2D eigenvalue weighted by atomic mass is 10.1. The van der Waals surface area contributed by atoms with Crippen LogP contribution in [0.25, 0.3) is 0 Å². The number of rotatable bonds is 7. The fourth-order valence-electron chi connectivity index (χ4n) is 1.61. The second kappa shape index (κ2) is 6.89. The van der Waals surface area contributed by atoms with Gasteiger partial charge < -0.3 is 9.84 Å². The van der Waals surface area contributed by atoms with Gasteiger partial charge >= 0.3 is 0 Å². The smallest absolute Gasteiger partial charge is 0.0972 e. The summed E-state index contributed by atoms with van der Waals surface area (Å²) < 4.78 is 6.95. The van der Waals surface area contributed by atoms with Gasteiger partial charge in [-0.2, -0.15) is 5.10 Å². The SMILES string of the molecule is CCOCCCC(O)c1c(Cl)cnn1CC. The number of aliphatic hydroxyl groups excluding tert-OH is 1. The Balaban J connectivity index is 2.51. The molecule has 0 aliphatic carbocycles. The summed E-state index contributed by atoms with van der Waals surface area (Å²) in [5.41, 5.74) is 0.709. The van der Waals surface area contributed by atoms with E-state index in [4.69, 9.17) is 16.3 Å². The molecule has 4 nitrogen and oxygen atoms in total. The largest absolute Gasteiger partial charge is 0.387 e. The molecule has 1 heterocycles. The van der Waals surface area contributed by atoms with E-state index in [0.717, 1.165) is 6.42 Å². The van der Waals surface area contributed by atoms with Gasteiger partial charge in [0.15, 0.2) is 0 Å². The quantitative estimate of drug-likeness (QED) is 0.752. The second-order valence-electron chi connectivity index (χ2n) is 3.55. The zero-order valence-corrected chi connectivity index (χ0v) is 10.6. The van der Waals surface area contributed by atoms with Crippen LogP contribution in [0.3, 0.4) is 0 Å². The Hall–Kier alpha value is -0.580. The van der Waals surface area contributed by atoms with Crippen LogP contribution in [0.2, 0.25) is 5.02 Å². The Kier molecular flexibility index (Phi) is 5.80. The molecule has 1 aromatic heterocycles. The van der Waals surface area contributed by atoms with Gasteiger partial charge in [0.05, 0.1) is 23.0 Å². The second-order valence-corrected chi connectivity index (χ2v) is 3.96. The molecule has 1 atom stereocenters. The van der Waals surface area contributed by atoms with Gasteiger partial charge in [-0.1, -0.05) is 11.6 Å². The topological polar surface area (TPSA) is 47.3 Å². The highest BCUT2D eigenvalue weighted by Gasteiger charge is 2.16. The molecular formula is C11H19ClN2O2. The molecule has 1 aromatic rings. The first-order chi connectivity index (χ1) is 7.70. The first-order valence-electron chi connectivity index (χ1n) is 5.67. The van der Waals surface area contributed by atoms with E-state index in [0.29, 0.717) is 36.9 Å². The molecule has 92 valence electrons. The van der Waals surface area contributed by atoms with Crippen LogP contribution in [0.4, 0.5) is 0 Å². The lowest BCUT2D eigenvalue weighted by molar-refractivity contribution is 0.110. The molecule has 0 radical (unpaired) electrons. The Morgan fingerprint density at radius 1 is 1.56 bits per heavy atom. The summed E-state index contributed by atoms with van der Waals surface area (Å²) >= 11 is 5.98. The van der Waals surface area contributed by atoms with Crippen molar-refractivity contribution in [1.82, 2.24) is 9.78 Å². The van der Waals surface area contributed by atoms with E-state index < -0.39 is 6.10 Å². The fourth-order valence-corrected chi connectivity index (χ4v) is 1.88. The molecular weight excluding hydrogens is 228 g/mol. The van der Waals surface area contributed by atoms with Gasteiger partial charge in [0.25, 0.3) is 0 Å². The molecule has 0 amide bonds. The first-order valence-corrected chi connectivity index (χ1v) is 6.05. The number of hydrogen-bond acceptors (Lipinski definition) is 3. The molecule has 0 bridgehead atoms. The molecule has 0 saturated heterocycles. The molecule has 0 aliphatic rings. The molecule has 16 heavy (non-hydrogen) atoms. The van der Waals surface area contributed by atoms with Crippen molar-refractivity contribution in [2.75, 3.05) is 13.2 Å². The van der Waals surface area contributed by atoms with Crippen molar-refractivity contribution in [2.45, 2.75) is 39.3 Å². The Labute approximate surface area is 101 Å². The van der Waals surface area contributed by atoms with E-state index in [9.17, 15) is 5.11 Å². The van der Waals surface area contributed by atoms with Gasteiger partial charge in [0.1, 0.15) is 0 Å². The van der Waals surface area contributed by atoms with Gasteiger partial charge in [0, 0.05) is 19.8 Å². The predicted molar refractivity (Wildman–Crippen MR) is 63.6 cm³/mol. The minimum absolute atomic E-state index is 0.533. The number of hydrogen-bond donors (Lipinski definition) is 1. The molecule has 1 N–H and O–H groups in total. The normalized spacial score (nSPS) is 13.0. The Morgan fingerprint density at radius 3 is 2.94 bits per heavy atom. The first kappa shape index (κ1) is 13.5. The van der Waals surface area contributed by atoms with Crippen molar-refractivity contribution in [3.8, 4) is 0 Å². The number of halogens is 1. The van der Waals surface area contributed by atoms with Crippen molar-refractivity contribution in [3.05, 3.63) is 16.9 Å². The van der Waals surface area contributed by atoms with Crippen molar-refractivity contribution >= 4 is 11.6 Å². The van der Waals surface area contributed by atoms with Crippen molar-refractivity contribution in [1.29, 1.82) is 0 Å². The number of ether oxygens (including phenoxy) is 1. The van der Waals surface area contributed by atoms with E-state index in [-0.39, 0.29) is 0 Å². The van der Waals surface area contributed by atoms with Crippen LogP contribution in [0.1, 0.15) is 38.5 Å². The van der Waals surface area contributed by atoms with Crippen LogP contribution in [-0.2, 0) is 11.3 Å². The zero-order valence-electron chi connectivity index (χ0n) is 9.82. The van der Waals surface area contributed by atoms with Crippen LogP contribution in [0, 0.1) is 0 Å². The molecule has 0 aliphatic heterocycles. The van der Waals surface area contributed by atoms with Crippen LogP contribution < -0.4 is 0 Å². The van der Waals surface area contributed by atoms with E-state index in [1.54, 1.807) is 10.9 Å². The van der Waals surface area contributed by atoms with Gasteiger partial charge in [-0.15, -0.1) is 0 Å². The maximum Gasteiger partial charge on any atom is 0.0972 e. The van der Waals surface area contributed by atoms with Crippen molar-refractivity contribution in [2.24, 2.45) is 0 Å². The predicted octanol–water partition coefficient (Wildman–Crippen LogP) is 2.41. The summed E-state index contributed by atoms with van der Waals surface area (Å²) in [5, 5.41) is 14.6. The number of aromatic nitrogens is 2. The molecule has 0 saturated carbocycles. The summed E-state index contributed by atoms with van der Waals surface area (Å²) in [4.78, 5) is 0. The maximum atomic E-state index is 10.0. The van der Waals surface area contributed by atoms with Crippen molar-refractivity contribution < 1.29 is 9.84 Å². The van der Waals surface area contributed by atoms with Gasteiger partial charge in [-0.05, 0) is 26.7 Å². The summed E-state index contributed by atoms with van der Waals surface area (Å²) in [5.74, 6) is 0. The monoisotopic (exact) mass is 246 g/mol. The Bertz CT molecular complexity index is 315. The molecule has 5 heteroatoms. The van der Waals surface area contributed by atoms with Crippen LogP contribution in [0.15, 0.2) is 6.20 Å². The van der Waals surface area contributed by atoms with Crippen LogP contribution >= 0.6 is 11.6 Å². The highest BCUT2D eigenvalue weighted by molar-refractivity contribution is 6.31. The van der Waals surface area contributed by atoms with Crippen LogP contribution in [0.5, 0.6) is 0 Å². The molecule has 1 rings (SSSR count). The van der Waals surface area contributed by atoms with Crippen molar-refractivity contribution in [3.63, 3.8) is 0 Å². The minimum atomic E-state index is -0.560. The van der Waals surface area contributed by atoms with Gasteiger partial charge in [-0.3, -0.25) is 4.68 Å². The van der Waals surface area contributed by atoms with E-state index in [2.05, 4.69) is 5.10 Å². The number of nitrogens with zero attached hydrogens (tertiary/aromatic N) is 2. The van der Waals surface area contributed by atoms with E-state index in [1.165, 1.54) is 0 Å². The fraction of sp³-hybridized carbons (Fsp3) is 0.727. The lowest BCUT2D eigenvalue weighted by Crippen LogP contribution is -2.09. The third-order valence-corrected chi connectivity index (χ3v) is 2.71. The van der Waals surface area contributed by atoms with E-state index in [1.807, 2.05) is 13.8 Å². The number of aliphatic hydroxyl groups is 1. The summed E-state index contributed by atoms with van der Waals surface area (Å²) in [6.07, 6.45) is 2.48. The standard InChI is InChI=1S/C11H19ClN2O2/c1-3-14-11(9(12)8-13-14)10(15)6-5-7-16-4-2/h8,10,15H,3-7H2,1-2H3. The highest BCUT2D eigenvalue weighted by Crippen LogP contribution is 2.25. The average Bonchev–Trinajstić information content (AvgIpc) is 2.65. The maximum absolute atomic E-state index is 10.0.